The molecule has 3 N–H and O–H groups in total. The number of nitrogens with zero attached hydrogens (tertiary/aromatic N) is 2. The number of ether oxygens (including phenoxy) is 2. The number of aliphatic imine (C=N–C) groups is 1. The minimum Gasteiger partial charge on any atom is -0.450 e. The van der Waals surface area contributed by atoms with Gasteiger partial charge in [-0.15, -0.1) is 0 Å². The van der Waals surface area contributed by atoms with Gasteiger partial charge < -0.3 is 25.4 Å². The molecule has 1 heterocycles. The number of rotatable bonds is 6. The van der Waals surface area contributed by atoms with Gasteiger partial charge in [0.2, 0.25) is 0 Å². The van der Waals surface area contributed by atoms with Crippen LogP contribution in [0.3, 0.4) is 0 Å². The highest BCUT2D eigenvalue weighted by Crippen LogP contribution is 2.16. The van der Waals surface area contributed by atoms with Crippen molar-refractivity contribution >= 4 is 12.1 Å². The van der Waals surface area contributed by atoms with E-state index in [2.05, 4.69) is 15.0 Å². The Morgan fingerprint density at radius 3 is 2.81 bits per heavy atom. The largest absolute Gasteiger partial charge is 0.450 e. The van der Waals surface area contributed by atoms with Gasteiger partial charge in [-0.1, -0.05) is 12.1 Å². The van der Waals surface area contributed by atoms with Gasteiger partial charge in [-0.25, -0.2) is 9.79 Å². The second kappa shape index (κ2) is 9.79. The van der Waals surface area contributed by atoms with Gasteiger partial charge in [-0.05, 0) is 37.5 Å². The highest BCUT2D eigenvalue weighted by Gasteiger charge is 2.23. The number of guanidine groups is 1. The average molecular weight is 370 g/mol. The van der Waals surface area contributed by atoms with Crippen LogP contribution < -0.4 is 15.8 Å². The van der Waals surface area contributed by atoms with Crippen molar-refractivity contribution in [3.05, 3.63) is 29.8 Å². The lowest BCUT2D eigenvalue weighted by atomic mass is 10.1. The van der Waals surface area contributed by atoms with Crippen LogP contribution in [0.1, 0.15) is 25.3 Å². The van der Waals surface area contributed by atoms with Crippen molar-refractivity contribution in [1.29, 1.82) is 0 Å². The van der Waals surface area contributed by atoms with E-state index in [-0.39, 0.29) is 30.4 Å². The van der Waals surface area contributed by atoms with Crippen molar-refractivity contribution in [1.82, 2.24) is 10.2 Å². The fourth-order valence-electron chi connectivity index (χ4n) is 2.67. The number of nitrogens with one attached hydrogen (secondary N) is 1. The van der Waals surface area contributed by atoms with Gasteiger partial charge in [0.05, 0.1) is 13.2 Å². The molecule has 1 amide bonds. The van der Waals surface area contributed by atoms with E-state index < -0.39 is 6.61 Å². The highest BCUT2D eigenvalue weighted by atomic mass is 19.3. The lowest BCUT2D eigenvalue weighted by Crippen LogP contribution is -2.48. The molecule has 26 heavy (non-hydrogen) atoms. The first-order valence-corrected chi connectivity index (χ1v) is 8.49. The maximum absolute atomic E-state index is 12.2. The number of hydrogen-bond donors (Lipinski definition) is 2. The maximum Gasteiger partial charge on any atom is 0.409 e. The number of piperidine rings is 1. The van der Waals surface area contributed by atoms with Crippen LogP contribution in [-0.2, 0) is 11.3 Å². The first kappa shape index (κ1) is 19.7. The lowest BCUT2D eigenvalue weighted by molar-refractivity contribution is -0.0498. The molecule has 0 bridgehead atoms. The summed E-state index contributed by atoms with van der Waals surface area (Å²) in [4.78, 5) is 17.6. The molecule has 1 aliphatic rings. The van der Waals surface area contributed by atoms with E-state index in [1.807, 2.05) is 0 Å². The van der Waals surface area contributed by atoms with Crippen LogP contribution in [0.25, 0.3) is 0 Å². The smallest absolute Gasteiger partial charge is 0.409 e. The van der Waals surface area contributed by atoms with E-state index in [1.165, 1.54) is 12.1 Å². The molecule has 7 nitrogen and oxygen atoms in total. The van der Waals surface area contributed by atoms with Crippen LogP contribution in [0.2, 0.25) is 0 Å². The third kappa shape index (κ3) is 6.38. The van der Waals surface area contributed by atoms with Gasteiger partial charge in [0.15, 0.2) is 5.96 Å². The summed E-state index contributed by atoms with van der Waals surface area (Å²) in [5, 5.41) is 3.13. The summed E-state index contributed by atoms with van der Waals surface area (Å²) in [7, 11) is 0. The molecule has 9 heteroatoms. The summed E-state index contributed by atoms with van der Waals surface area (Å²) in [6, 6.07) is 6.46. The van der Waals surface area contributed by atoms with E-state index in [9.17, 15) is 13.6 Å². The van der Waals surface area contributed by atoms with Crippen LogP contribution in [0.4, 0.5) is 13.6 Å². The molecule has 1 fully saturated rings. The van der Waals surface area contributed by atoms with Crippen molar-refractivity contribution in [2.45, 2.75) is 39.0 Å². The molecule has 144 valence electrons. The third-order valence-corrected chi connectivity index (χ3v) is 3.93. The minimum atomic E-state index is -2.86. The molecule has 0 aliphatic carbocycles. The summed E-state index contributed by atoms with van der Waals surface area (Å²) in [6.45, 7) is 0.717. The van der Waals surface area contributed by atoms with Crippen LogP contribution in [0, 0.1) is 0 Å². The lowest BCUT2D eigenvalue weighted by Gasteiger charge is -2.31. The molecule has 1 aromatic carbocycles. The number of alkyl halides is 2. The molecule has 0 radical (unpaired) electrons. The number of amides is 1. The van der Waals surface area contributed by atoms with Gasteiger partial charge in [0, 0.05) is 19.1 Å². The van der Waals surface area contributed by atoms with Crippen molar-refractivity contribution in [2.24, 2.45) is 10.7 Å². The van der Waals surface area contributed by atoms with Crippen LogP contribution in [0.15, 0.2) is 29.3 Å². The standard InChI is InChI=1S/C17H24F2N4O3/c1-2-25-17(24)23-8-6-13(7-9-23)22-16(20)21-11-12-4-3-5-14(10-12)26-15(18)19/h3-5,10,13,15H,2,6-9,11H2,1H3,(H3,20,21,22). The van der Waals surface area contributed by atoms with Crippen LogP contribution >= 0.6 is 0 Å². The molecule has 0 unspecified atom stereocenters. The summed E-state index contributed by atoms with van der Waals surface area (Å²) >= 11 is 0. The summed E-state index contributed by atoms with van der Waals surface area (Å²) in [5.74, 6) is 0.366. The van der Waals surface area contributed by atoms with Crippen molar-refractivity contribution in [3.8, 4) is 5.75 Å². The van der Waals surface area contributed by atoms with Gasteiger partial charge in [0.25, 0.3) is 0 Å². The monoisotopic (exact) mass is 370 g/mol. The zero-order valence-electron chi connectivity index (χ0n) is 14.7. The Kier molecular flexibility index (Phi) is 7.43. The third-order valence-electron chi connectivity index (χ3n) is 3.93. The average Bonchev–Trinajstić information content (AvgIpc) is 2.60. The van der Waals surface area contributed by atoms with Crippen molar-refractivity contribution in [3.63, 3.8) is 0 Å². The molecular formula is C17H24F2N4O3. The van der Waals surface area contributed by atoms with E-state index in [4.69, 9.17) is 10.5 Å². The molecule has 2 rings (SSSR count). The molecule has 1 saturated heterocycles. The van der Waals surface area contributed by atoms with E-state index in [0.717, 1.165) is 12.8 Å². The first-order chi connectivity index (χ1) is 12.5. The fourth-order valence-corrected chi connectivity index (χ4v) is 2.67. The SMILES string of the molecule is CCOC(=O)N1CCC(NC(N)=NCc2cccc(OC(F)F)c2)CC1. The molecule has 0 saturated carbocycles. The number of benzene rings is 1. The zero-order valence-corrected chi connectivity index (χ0v) is 14.7. The van der Waals surface area contributed by atoms with Gasteiger partial charge in [-0.3, -0.25) is 0 Å². The highest BCUT2D eigenvalue weighted by molar-refractivity contribution is 5.78. The van der Waals surface area contributed by atoms with Crippen LogP contribution in [0.5, 0.6) is 5.75 Å². The van der Waals surface area contributed by atoms with Crippen molar-refractivity contribution in [2.75, 3.05) is 19.7 Å². The van der Waals surface area contributed by atoms with E-state index >= 15 is 0 Å². The molecule has 1 aromatic rings. The normalized spacial score (nSPS) is 15.8. The summed E-state index contributed by atoms with van der Waals surface area (Å²) in [6.07, 6.45) is 1.19. The first-order valence-electron chi connectivity index (χ1n) is 8.49. The number of carbonyl (C=O) groups excluding carboxylic acids is 1. The summed E-state index contributed by atoms with van der Waals surface area (Å²) < 4.78 is 33.8. The number of likely N-dealkylation sites (tertiary alicyclic amines) is 1. The number of carbonyl (C=O) groups is 1. The van der Waals surface area contributed by atoms with Gasteiger partial charge in [0.1, 0.15) is 5.75 Å². The molecule has 0 atom stereocenters. The molecule has 0 aromatic heterocycles. The predicted octanol–water partition coefficient (Wildman–Crippen LogP) is 2.31. The quantitative estimate of drug-likeness (QED) is 0.593. The molecular weight excluding hydrogens is 346 g/mol. The van der Waals surface area contributed by atoms with Crippen molar-refractivity contribution < 1.29 is 23.0 Å². The Hall–Kier alpha value is -2.58. The second-order valence-corrected chi connectivity index (χ2v) is 5.83. The summed E-state index contributed by atoms with van der Waals surface area (Å²) in [5.41, 5.74) is 6.61. The van der Waals surface area contributed by atoms with E-state index in [0.29, 0.717) is 25.3 Å². The maximum atomic E-state index is 12.2. The Labute approximate surface area is 151 Å². The minimum absolute atomic E-state index is 0.0885. The van der Waals surface area contributed by atoms with Gasteiger partial charge in [-0.2, -0.15) is 8.78 Å². The Morgan fingerprint density at radius 1 is 1.42 bits per heavy atom. The topological polar surface area (TPSA) is 89.2 Å². The van der Waals surface area contributed by atoms with E-state index in [1.54, 1.807) is 24.0 Å². The molecule has 0 spiro atoms. The Balaban J connectivity index is 1.79. The zero-order chi connectivity index (χ0) is 18.9. The fraction of sp³-hybridized carbons (Fsp3) is 0.529. The number of hydrogen-bond acceptors (Lipinski definition) is 4. The molecule has 1 aliphatic heterocycles. The number of nitrogens with two attached hydrogens (primary N) is 1. The predicted molar refractivity (Wildman–Crippen MR) is 93.2 cm³/mol. The van der Waals surface area contributed by atoms with Crippen LogP contribution in [-0.4, -0.2) is 49.3 Å². The Morgan fingerprint density at radius 2 is 2.15 bits per heavy atom. The van der Waals surface area contributed by atoms with Gasteiger partial charge >= 0.3 is 12.7 Å². The Bertz CT molecular complexity index is 620. The number of halogens is 2. The second-order valence-electron chi connectivity index (χ2n) is 5.83.